The highest BCUT2D eigenvalue weighted by Gasteiger charge is 2.25. The SMILES string of the molecule is O=C(Oc1ccc(CCOc2ccncc2)cc1)N1CCC(On2ccnc2)CC1. The van der Waals surface area contributed by atoms with Crippen molar-refractivity contribution in [1.82, 2.24) is 19.6 Å². The number of ether oxygens (including phenoxy) is 2. The Bertz CT molecular complexity index is 908. The van der Waals surface area contributed by atoms with Crippen molar-refractivity contribution < 1.29 is 19.1 Å². The van der Waals surface area contributed by atoms with E-state index in [1.807, 2.05) is 36.4 Å². The number of amides is 1. The van der Waals surface area contributed by atoms with Gasteiger partial charge in [0.25, 0.3) is 0 Å². The monoisotopic (exact) mass is 408 g/mol. The van der Waals surface area contributed by atoms with Crippen LogP contribution >= 0.6 is 0 Å². The van der Waals surface area contributed by atoms with E-state index >= 15 is 0 Å². The molecule has 1 amide bonds. The molecule has 0 unspecified atom stereocenters. The molecule has 8 heteroatoms. The third-order valence-corrected chi connectivity index (χ3v) is 4.89. The summed E-state index contributed by atoms with van der Waals surface area (Å²) in [6, 6.07) is 11.2. The van der Waals surface area contributed by atoms with E-state index in [2.05, 4.69) is 9.97 Å². The predicted octanol–water partition coefficient (Wildman–Crippen LogP) is 2.99. The maximum atomic E-state index is 12.4. The summed E-state index contributed by atoms with van der Waals surface area (Å²) in [5, 5.41) is 0. The average molecular weight is 408 g/mol. The highest BCUT2D eigenvalue weighted by atomic mass is 16.7. The minimum atomic E-state index is -0.329. The lowest BCUT2D eigenvalue weighted by Crippen LogP contribution is -2.44. The first-order valence-electron chi connectivity index (χ1n) is 10.00. The number of hydrogen-bond donors (Lipinski definition) is 0. The number of carbonyl (C=O) groups is 1. The summed E-state index contributed by atoms with van der Waals surface area (Å²) >= 11 is 0. The molecule has 0 aliphatic carbocycles. The van der Waals surface area contributed by atoms with E-state index in [0.717, 1.165) is 30.6 Å². The van der Waals surface area contributed by atoms with Crippen molar-refractivity contribution in [2.24, 2.45) is 0 Å². The quantitative estimate of drug-likeness (QED) is 0.598. The Labute approximate surface area is 175 Å². The maximum Gasteiger partial charge on any atom is 0.415 e. The molecule has 4 rings (SSSR count). The molecule has 0 spiro atoms. The minimum absolute atomic E-state index is 0.0666. The first-order valence-corrected chi connectivity index (χ1v) is 10.00. The molecule has 0 radical (unpaired) electrons. The van der Waals surface area contributed by atoms with Gasteiger partial charge in [0.05, 0.1) is 12.8 Å². The van der Waals surface area contributed by atoms with Crippen molar-refractivity contribution in [3.8, 4) is 11.5 Å². The number of piperidine rings is 1. The van der Waals surface area contributed by atoms with Gasteiger partial charge < -0.3 is 19.2 Å². The summed E-state index contributed by atoms with van der Waals surface area (Å²) in [7, 11) is 0. The Morgan fingerprint density at radius 2 is 1.73 bits per heavy atom. The fourth-order valence-electron chi connectivity index (χ4n) is 3.24. The molecule has 1 fully saturated rings. The Morgan fingerprint density at radius 1 is 0.967 bits per heavy atom. The standard InChI is InChI=1S/C22H24N4O4/c27-22(25-13-7-21(8-14-25)30-26-15-12-24-17-26)29-20-3-1-18(2-4-20)9-16-28-19-5-10-23-11-6-19/h1-6,10-12,15,17,21H,7-9,13-14,16H2. The molecule has 2 aromatic heterocycles. The van der Waals surface area contributed by atoms with Crippen molar-refractivity contribution in [2.75, 3.05) is 19.7 Å². The van der Waals surface area contributed by atoms with Crippen molar-refractivity contribution in [2.45, 2.75) is 25.4 Å². The number of pyridine rings is 1. The Morgan fingerprint density at radius 3 is 2.43 bits per heavy atom. The second kappa shape index (κ2) is 9.78. The van der Waals surface area contributed by atoms with Gasteiger partial charge in [-0.2, -0.15) is 4.73 Å². The fraction of sp³-hybridized carbons (Fsp3) is 0.318. The average Bonchev–Trinajstić information content (AvgIpc) is 3.29. The third kappa shape index (κ3) is 5.50. The molecular formula is C22H24N4O4. The van der Waals surface area contributed by atoms with E-state index in [1.165, 1.54) is 0 Å². The molecule has 0 saturated carbocycles. The zero-order valence-electron chi connectivity index (χ0n) is 16.6. The molecule has 0 N–H and O–H groups in total. The van der Waals surface area contributed by atoms with Crippen molar-refractivity contribution in [3.05, 3.63) is 73.1 Å². The lowest BCUT2D eigenvalue weighted by Gasteiger charge is -2.31. The summed E-state index contributed by atoms with van der Waals surface area (Å²) in [6.45, 7) is 1.77. The van der Waals surface area contributed by atoms with E-state index in [1.54, 1.807) is 40.7 Å². The van der Waals surface area contributed by atoms with Crippen LogP contribution in [0.25, 0.3) is 0 Å². The van der Waals surface area contributed by atoms with Gasteiger partial charge in [-0.25, -0.2) is 9.78 Å². The Balaban J connectivity index is 1.19. The molecule has 0 atom stereocenters. The minimum Gasteiger partial charge on any atom is -0.493 e. The fourth-order valence-corrected chi connectivity index (χ4v) is 3.24. The number of imidazole rings is 1. The van der Waals surface area contributed by atoms with Gasteiger partial charge in [-0.05, 0) is 29.8 Å². The summed E-state index contributed by atoms with van der Waals surface area (Å²) in [6.07, 6.45) is 10.5. The number of hydrogen-bond acceptors (Lipinski definition) is 6. The Hall–Kier alpha value is -3.55. The van der Waals surface area contributed by atoms with Crippen LogP contribution < -0.4 is 14.3 Å². The summed E-state index contributed by atoms with van der Waals surface area (Å²) in [4.78, 5) is 27.8. The molecule has 156 valence electrons. The number of rotatable bonds is 7. The smallest absolute Gasteiger partial charge is 0.415 e. The number of likely N-dealkylation sites (tertiary alicyclic amines) is 1. The van der Waals surface area contributed by atoms with Crippen LogP contribution in [0.15, 0.2) is 67.5 Å². The highest BCUT2D eigenvalue weighted by Crippen LogP contribution is 2.17. The lowest BCUT2D eigenvalue weighted by molar-refractivity contribution is -0.0000192. The van der Waals surface area contributed by atoms with Crippen LogP contribution in [-0.2, 0) is 6.42 Å². The van der Waals surface area contributed by atoms with Gasteiger partial charge in [-0.3, -0.25) is 4.98 Å². The molecule has 1 aliphatic heterocycles. The third-order valence-electron chi connectivity index (χ3n) is 4.89. The van der Waals surface area contributed by atoms with E-state index < -0.39 is 0 Å². The van der Waals surface area contributed by atoms with E-state index in [9.17, 15) is 4.79 Å². The van der Waals surface area contributed by atoms with Gasteiger partial charge in [0, 0.05) is 50.9 Å². The van der Waals surface area contributed by atoms with E-state index in [4.69, 9.17) is 14.3 Å². The normalized spacial score (nSPS) is 14.3. The maximum absolute atomic E-state index is 12.4. The van der Waals surface area contributed by atoms with Crippen molar-refractivity contribution >= 4 is 6.09 Å². The lowest BCUT2D eigenvalue weighted by atomic mass is 10.1. The van der Waals surface area contributed by atoms with Crippen LogP contribution in [0.4, 0.5) is 4.79 Å². The molecular weight excluding hydrogens is 384 g/mol. The molecule has 3 heterocycles. The molecule has 8 nitrogen and oxygen atoms in total. The second-order valence-electron chi connectivity index (χ2n) is 7.01. The summed E-state index contributed by atoms with van der Waals surface area (Å²) in [5.41, 5.74) is 1.11. The van der Waals surface area contributed by atoms with Crippen LogP contribution in [-0.4, -0.2) is 51.5 Å². The zero-order valence-corrected chi connectivity index (χ0v) is 16.6. The number of benzene rings is 1. The van der Waals surface area contributed by atoms with Crippen molar-refractivity contribution in [1.29, 1.82) is 0 Å². The molecule has 1 saturated heterocycles. The molecule has 3 aromatic rings. The second-order valence-corrected chi connectivity index (χ2v) is 7.01. The first kappa shape index (κ1) is 19.8. The van der Waals surface area contributed by atoms with Crippen LogP contribution in [0.1, 0.15) is 18.4 Å². The van der Waals surface area contributed by atoms with E-state index in [-0.39, 0.29) is 12.2 Å². The largest absolute Gasteiger partial charge is 0.493 e. The van der Waals surface area contributed by atoms with Gasteiger partial charge in [0.1, 0.15) is 23.9 Å². The predicted molar refractivity (Wildman–Crippen MR) is 109 cm³/mol. The van der Waals surface area contributed by atoms with Crippen LogP contribution in [0.5, 0.6) is 11.5 Å². The Kier molecular flexibility index (Phi) is 6.44. The first-order chi connectivity index (χ1) is 14.8. The van der Waals surface area contributed by atoms with Gasteiger partial charge in [-0.1, -0.05) is 12.1 Å². The number of carbonyl (C=O) groups excluding carboxylic acids is 1. The topological polar surface area (TPSA) is 78.7 Å². The zero-order chi connectivity index (χ0) is 20.6. The summed E-state index contributed by atoms with van der Waals surface area (Å²) < 4.78 is 12.8. The van der Waals surface area contributed by atoms with Gasteiger partial charge in [-0.15, -0.1) is 0 Å². The molecule has 1 aliphatic rings. The molecule has 30 heavy (non-hydrogen) atoms. The van der Waals surface area contributed by atoms with Gasteiger partial charge >= 0.3 is 6.09 Å². The van der Waals surface area contributed by atoms with Crippen molar-refractivity contribution in [3.63, 3.8) is 0 Å². The number of nitrogens with zero attached hydrogens (tertiary/aromatic N) is 4. The summed E-state index contributed by atoms with van der Waals surface area (Å²) in [5.74, 6) is 1.34. The van der Waals surface area contributed by atoms with Gasteiger partial charge in [0.15, 0.2) is 0 Å². The molecule has 0 bridgehead atoms. The van der Waals surface area contributed by atoms with Crippen LogP contribution in [0, 0.1) is 0 Å². The van der Waals surface area contributed by atoms with Crippen LogP contribution in [0.3, 0.4) is 0 Å². The number of aromatic nitrogens is 3. The van der Waals surface area contributed by atoms with Gasteiger partial charge in [0.2, 0.25) is 0 Å². The van der Waals surface area contributed by atoms with E-state index in [0.29, 0.717) is 25.4 Å². The highest BCUT2D eigenvalue weighted by molar-refractivity contribution is 5.70. The molecule has 1 aromatic carbocycles. The van der Waals surface area contributed by atoms with Crippen LogP contribution in [0.2, 0.25) is 0 Å².